The predicted octanol–water partition coefficient (Wildman–Crippen LogP) is 3.24. The van der Waals surface area contributed by atoms with E-state index in [4.69, 9.17) is 10.2 Å². The molecule has 0 amide bonds. The molecule has 0 bridgehead atoms. The van der Waals surface area contributed by atoms with Gasteiger partial charge in [-0.2, -0.15) is 0 Å². The van der Waals surface area contributed by atoms with E-state index in [-0.39, 0.29) is 6.04 Å². The summed E-state index contributed by atoms with van der Waals surface area (Å²) < 4.78 is 5.16. The molecule has 1 atom stereocenters. The number of hydrogen-bond acceptors (Lipinski definition) is 4. The molecule has 0 aliphatic heterocycles. The number of benzene rings is 1. The molecule has 0 spiro atoms. The van der Waals surface area contributed by atoms with Crippen LogP contribution in [0.4, 0.5) is 0 Å². The van der Waals surface area contributed by atoms with Gasteiger partial charge in [0.2, 0.25) is 0 Å². The van der Waals surface area contributed by atoms with E-state index in [1.165, 1.54) is 17.3 Å². The quantitative estimate of drug-likeness (QED) is 0.882. The average molecular weight is 234 g/mol. The Labute approximate surface area is 99.1 Å². The molecule has 2 N–H and O–H groups in total. The molecule has 16 heavy (non-hydrogen) atoms. The second-order valence-corrected chi connectivity index (χ2v) is 4.51. The Morgan fingerprint density at radius 2 is 2.12 bits per heavy atom. The van der Waals surface area contributed by atoms with E-state index in [9.17, 15) is 0 Å². The van der Waals surface area contributed by atoms with E-state index in [2.05, 4.69) is 24.0 Å². The molecule has 0 unspecified atom stereocenters. The summed E-state index contributed by atoms with van der Waals surface area (Å²) in [5.41, 5.74) is 7.11. The van der Waals surface area contributed by atoms with Gasteiger partial charge in [-0.1, -0.05) is 19.1 Å². The number of rotatable bonds is 4. The number of aromatic nitrogens is 1. The molecule has 0 saturated heterocycles. The molecule has 1 aromatic heterocycles. The Balaban J connectivity index is 2.07. The van der Waals surface area contributed by atoms with Crippen LogP contribution >= 0.6 is 11.8 Å². The van der Waals surface area contributed by atoms with Crippen molar-refractivity contribution in [2.24, 2.45) is 5.73 Å². The first-order valence-corrected chi connectivity index (χ1v) is 6.04. The first-order valence-electron chi connectivity index (χ1n) is 5.22. The highest BCUT2D eigenvalue weighted by Gasteiger charge is 2.04. The smallest absolute Gasteiger partial charge is 0.260 e. The van der Waals surface area contributed by atoms with Gasteiger partial charge in [0, 0.05) is 10.9 Å². The van der Waals surface area contributed by atoms with Crippen molar-refractivity contribution in [3.63, 3.8) is 0 Å². The maximum atomic E-state index is 5.94. The minimum Gasteiger partial charge on any atom is -0.440 e. The summed E-state index contributed by atoms with van der Waals surface area (Å²) in [5, 5.41) is 0.660. The summed E-state index contributed by atoms with van der Waals surface area (Å²) in [4.78, 5) is 5.16. The van der Waals surface area contributed by atoms with Crippen molar-refractivity contribution in [2.45, 2.75) is 29.5 Å². The normalized spacial score (nSPS) is 12.6. The minimum absolute atomic E-state index is 0.126. The summed E-state index contributed by atoms with van der Waals surface area (Å²) in [6.45, 7) is 2.08. The molecule has 1 heterocycles. The number of nitrogens with zero attached hydrogens (tertiary/aromatic N) is 1. The number of hydrogen-bond donors (Lipinski definition) is 1. The molecular formula is C12H14N2OS. The molecule has 1 aromatic carbocycles. The van der Waals surface area contributed by atoms with Gasteiger partial charge in [0.1, 0.15) is 6.26 Å². The minimum atomic E-state index is 0.126. The van der Waals surface area contributed by atoms with Crippen LogP contribution in [0.2, 0.25) is 0 Å². The van der Waals surface area contributed by atoms with Crippen molar-refractivity contribution < 1.29 is 4.42 Å². The van der Waals surface area contributed by atoms with Crippen LogP contribution < -0.4 is 5.73 Å². The van der Waals surface area contributed by atoms with Gasteiger partial charge in [-0.05, 0) is 35.9 Å². The first kappa shape index (κ1) is 11.2. The average Bonchev–Trinajstić information content (AvgIpc) is 2.82. The van der Waals surface area contributed by atoms with Crippen LogP contribution in [-0.2, 0) is 0 Å². The maximum absolute atomic E-state index is 5.94. The molecule has 4 heteroatoms. The standard InChI is InChI=1S/C12H14N2OS/c1-2-11(13)9-3-5-10(6-4-9)16-12-14-7-8-15-12/h3-8,11H,2,13H2,1H3/t11-/m0/s1. The number of nitrogens with two attached hydrogens (primary N) is 1. The van der Waals surface area contributed by atoms with Crippen molar-refractivity contribution in [2.75, 3.05) is 0 Å². The fraction of sp³-hybridized carbons (Fsp3) is 0.250. The third-order valence-corrected chi connectivity index (χ3v) is 3.25. The molecular weight excluding hydrogens is 220 g/mol. The molecule has 0 aliphatic carbocycles. The molecule has 0 aliphatic rings. The highest BCUT2D eigenvalue weighted by Crippen LogP contribution is 2.27. The zero-order valence-electron chi connectivity index (χ0n) is 9.09. The van der Waals surface area contributed by atoms with Gasteiger partial charge in [-0.15, -0.1) is 0 Å². The van der Waals surface area contributed by atoms with Crippen molar-refractivity contribution in [3.8, 4) is 0 Å². The van der Waals surface area contributed by atoms with Crippen LogP contribution in [0.25, 0.3) is 0 Å². The van der Waals surface area contributed by atoms with Crippen LogP contribution in [0.5, 0.6) is 0 Å². The Kier molecular flexibility index (Phi) is 3.64. The van der Waals surface area contributed by atoms with Crippen molar-refractivity contribution in [1.29, 1.82) is 0 Å². The summed E-state index contributed by atoms with van der Waals surface area (Å²) in [5.74, 6) is 0. The molecule has 2 rings (SSSR count). The third kappa shape index (κ3) is 2.65. The third-order valence-electron chi connectivity index (χ3n) is 2.36. The fourth-order valence-corrected chi connectivity index (χ4v) is 2.07. The number of oxazole rings is 1. The lowest BCUT2D eigenvalue weighted by Gasteiger charge is -2.08. The topological polar surface area (TPSA) is 52.0 Å². The van der Waals surface area contributed by atoms with Gasteiger partial charge in [-0.3, -0.25) is 0 Å². The first-order chi connectivity index (χ1) is 7.79. The fourth-order valence-electron chi connectivity index (χ4n) is 1.38. The lowest BCUT2D eigenvalue weighted by atomic mass is 10.1. The van der Waals surface area contributed by atoms with Crippen LogP contribution in [0.1, 0.15) is 24.9 Å². The second-order valence-electron chi connectivity index (χ2n) is 3.48. The van der Waals surface area contributed by atoms with Gasteiger partial charge in [-0.25, -0.2) is 4.98 Å². The van der Waals surface area contributed by atoms with Crippen LogP contribution in [0, 0.1) is 0 Å². The van der Waals surface area contributed by atoms with Crippen LogP contribution in [0.3, 0.4) is 0 Å². The zero-order chi connectivity index (χ0) is 11.4. The van der Waals surface area contributed by atoms with Gasteiger partial charge in [0.25, 0.3) is 5.22 Å². The molecule has 0 fully saturated rings. The molecule has 0 saturated carbocycles. The second kappa shape index (κ2) is 5.18. The van der Waals surface area contributed by atoms with E-state index in [0.29, 0.717) is 5.22 Å². The van der Waals surface area contributed by atoms with E-state index in [1.54, 1.807) is 12.5 Å². The zero-order valence-corrected chi connectivity index (χ0v) is 9.91. The van der Waals surface area contributed by atoms with E-state index < -0.39 is 0 Å². The van der Waals surface area contributed by atoms with Crippen LogP contribution in [-0.4, -0.2) is 4.98 Å². The maximum Gasteiger partial charge on any atom is 0.260 e. The summed E-state index contributed by atoms with van der Waals surface area (Å²) in [6.07, 6.45) is 4.17. The summed E-state index contributed by atoms with van der Waals surface area (Å²) in [6, 6.07) is 8.32. The van der Waals surface area contributed by atoms with Gasteiger partial charge >= 0.3 is 0 Å². The molecule has 84 valence electrons. The lowest BCUT2D eigenvalue weighted by Crippen LogP contribution is -2.07. The van der Waals surface area contributed by atoms with Gasteiger partial charge in [0.05, 0.1) is 6.20 Å². The van der Waals surface area contributed by atoms with Gasteiger partial charge in [0.15, 0.2) is 0 Å². The predicted molar refractivity (Wildman–Crippen MR) is 64.3 cm³/mol. The van der Waals surface area contributed by atoms with Crippen molar-refractivity contribution in [3.05, 3.63) is 42.3 Å². The van der Waals surface area contributed by atoms with Gasteiger partial charge < -0.3 is 10.2 Å². The van der Waals surface area contributed by atoms with Crippen LogP contribution in [0.15, 0.2) is 51.3 Å². The Morgan fingerprint density at radius 1 is 1.38 bits per heavy atom. The van der Waals surface area contributed by atoms with E-state index >= 15 is 0 Å². The Morgan fingerprint density at radius 3 is 2.69 bits per heavy atom. The van der Waals surface area contributed by atoms with Crippen molar-refractivity contribution >= 4 is 11.8 Å². The summed E-state index contributed by atoms with van der Waals surface area (Å²) >= 11 is 1.50. The summed E-state index contributed by atoms with van der Waals surface area (Å²) in [7, 11) is 0. The SMILES string of the molecule is CC[C@H](N)c1ccc(Sc2ncco2)cc1. The Bertz CT molecular complexity index is 425. The molecule has 2 aromatic rings. The monoisotopic (exact) mass is 234 g/mol. The highest BCUT2D eigenvalue weighted by atomic mass is 32.2. The van der Waals surface area contributed by atoms with E-state index in [1.807, 2.05) is 12.1 Å². The highest BCUT2D eigenvalue weighted by molar-refractivity contribution is 7.99. The largest absolute Gasteiger partial charge is 0.440 e. The van der Waals surface area contributed by atoms with E-state index in [0.717, 1.165) is 11.3 Å². The molecule has 0 radical (unpaired) electrons. The molecule has 3 nitrogen and oxygen atoms in total. The Hall–Kier alpha value is -1.26. The van der Waals surface area contributed by atoms with Crippen molar-refractivity contribution in [1.82, 2.24) is 4.98 Å². The lowest BCUT2D eigenvalue weighted by molar-refractivity contribution is 0.454.